The number of hydrogen-bond donors (Lipinski definition) is 1. The number of aromatic nitrogens is 3. The SMILES string of the molecule is Cc1cncc(Cn2ccc(=O)n(CCCN)c2=O)c1. The predicted molar refractivity (Wildman–Crippen MR) is 76.7 cm³/mol. The van der Waals surface area contributed by atoms with E-state index in [4.69, 9.17) is 5.73 Å². The van der Waals surface area contributed by atoms with Crippen LogP contribution in [-0.2, 0) is 13.1 Å². The molecule has 2 aromatic heterocycles. The molecule has 20 heavy (non-hydrogen) atoms. The minimum Gasteiger partial charge on any atom is -0.330 e. The fraction of sp³-hybridized carbons (Fsp3) is 0.357. The van der Waals surface area contributed by atoms with Gasteiger partial charge in [0, 0.05) is 31.2 Å². The topological polar surface area (TPSA) is 82.9 Å². The monoisotopic (exact) mass is 274 g/mol. The molecule has 0 saturated heterocycles. The number of hydrogen-bond acceptors (Lipinski definition) is 4. The molecule has 0 aliphatic carbocycles. The summed E-state index contributed by atoms with van der Waals surface area (Å²) in [5, 5.41) is 0. The van der Waals surface area contributed by atoms with Crippen LogP contribution in [0.3, 0.4) is 0 Å². The van der Waals surface area contributed by atoms with Gasteiger partial charge in [0.15, 0.2) is 0 Å². The molecule has 2 rings (SSSR count). The van der Waals surface area contributed by atoms with E-state index in [2.05, 4.69) is 4.98 Å². The summed E-state index contributed by atoms with van der Waals surface area (Å²) < 4.78 is 2.73. The summed E-state index contributed by atoms with van der Waals surface area (Å²) in [6.45, 7) is 3.14. The van der Waals surface area contributed by atoms with Crippen LogP contribution in [0.4, 0.5) is 0 Å². The Morgan fingerprint density at radius 2 is 2.10 bits per heavy atom. The first-order valence-electron chi connectivity index (χ1n) is 6.52. The number of rotatable bonds is 5. The van der Waals surface area contributed by atoms with E-state index in [0.717, 1.165) is 11.1 Å². The second-order valence-corrected chi connectivity index (χ2v) is 4.73. The van der Waals surface area contributed by atoms with Crippen molar-refractivity contribution in [1.82, 2.24) is 14.1 Å². The minimum absolute atomic E-state index is 0.290. The zero-order valence-corrected chi connectivity index (χ0v) is 11.5. The summed E-state index contributed by atoms with van der Waals surface area (Å²) in [4.78, 5) is 28.0. The maximum atomic E-state index is 12.2. The van der Waals surface area contributed by atoms with Gasteiger partial charge in [-0.1, -0.05) is 6.07 Å². The average molecular weight is 274 g/mol. The second kappa shape index (κ2) is 6.29. The number of pyridine rings is 1. The standard InChI is InChI=1S/C14H18N4O2/c1-11-7-12(9-16-8-11)10-17-6-3-13(19)18(14(17)20)5-2-4-15/h3,6-9H,2,4-5,10,15H2,1H3. The summed E-state index contributed by atoms with van der Waals surface area (Å²) in [6, 6.07) is 3.37. The largest absolute Gasteiger partial charge is 0.331 e. The van der Waals surface area contributed by atoms with Crippen LogP contribution < -0.4 is 17.0 Å². The van der Waals surface area contributed by atoms with E-state index in [-0.39, 0.29) is 11.2 Å². The van der Waals surface area contributed by atoms with Crippen molar-refractivity contribution in [3.05, 3.63) is 62.7 Å². The molecule has 2 heterocycles. The molecule has 6 nitrogen and oxygen atoms in total. The number of nitrogens with two attached hydrogens (primary N) is 1. The normalized spacial score (nSPS) is 10.7. The molecule has 0 atom stereocenters. The molecule has 0 radical (unpaired) electrons. The zero-order valence-electron chi connectivity index (χ0n) is 11.5. The molecule has 0 aromatic carbocycles. The van der Waals surface area contributed by atoms with Crippen LogP contribution in [0.2, 0.25) is 0 Å². The third-order valence-electron chi connectivity index (χ3n) is 3.01. The van der Waals surface area contributed by atoms with E-state index in [0.29, 0.717) is 26.1 Å². The minimum atomic E-state index is -0.313. The molecule has 0 fully saturated rings. The highest BCUT2D eigenvalue weighted by Crippen LogP contribution is 2.02. The average Bonchev–Trinajstić information content (AvgIpc) is 2.42. The Bertz CT molecular complexity index is 703. The molecule has 2 aromatic rings. The second-order valence-electron chi connectivity index (χ2n) is 4.73. The Hall–Kier alpha value is -2.21. The van der Waals surface area contributed by atoms with Gasteiger partial charge in [0.2, 0.25) is 0 Å². The first kappa shape index (κ1) is 14.2. The molecule has 0 bridgehead atoms. The van der Waals surface area contributed by atoms with Gasteiger partial charge in [-0.2, -0.15) is 0 Å². The summed E-state index contributed by atoms with van der Waals surface area (Å²) in [5.41, 5.74) is 6.78. The molecule has 0 amide bonds. The van der Waals surface area contributed by atoms with Gasteiger partial charge in [-0.05, 0) is 31.0 Å². The van der Waals surface area contributed by atoms with E-state index in [1.54, 1.807) is 12.4 Å². The molecular weight excluding hydrogens is 256 g/mol. The van der Waals surface area contributed by atoms with E-state index in [9.17, 15) is 9.59 Å². The Morgan fingerprint density at radius 3 is 2.80 bits per heavy atom. The van der Waals surface area contributed by atoms with Crippen molar-refractivity contribution in [3.63, 3.8) is 0 Å². The van der Waals surface area contributed by atoms with Crippen molar-refractivity contribution in [1.29, 1.82) is 0 Å². The van der Waals surface area contributed by atoms with E-state index >= 15 is 0 Å². The van der Waals surface area contributed by atoms with Crippen molar-refractivity contribution in [2.75, 3.05) is 6.54 Å². The predicted octanol–water partition coefficient (Wildman–Crippen LogP) is 0.111. The maximum absolute atomic E-state index is 12.2. The van der Waals surface area contributed by atoms with Gasteiger partial charge in [-0.25, -0.2) is 4.79 Å². The molecule has 2 N–H and O–H groups in total. The number of aryl methyl sites for hydroxylation is 1. The fourth-order valence-electron chi connectivity index (χ4n) is 2.03. The highest BCUT2D eigenvalue weighted by molar-refractivity contribution is 5.16. The van der Waals surface area contributed by atoms with Gasteiger partial charge in [0.1, 0.15) is 0 Å². The smallest absolute Gasteiger partial charge is 0.330 e. The van der Waals surface area contributed by atoms with E-state index in [1.807, 2.05) is 13.0 Å². The van der Waals surface area contributed by atoms with Gasteiger partial charge in [0.05, 0.1) is 6.54 Å². The zero-order chi connectivity index (χ0) is 14.5. The van der Waals surface area contributed by atoms with Crippen LogP contribution in [0, 0.1) is 6.92 Å². The molecular formula is C14H18N4O2. The molecule has 0 aliphatic rings. The lowest BCUT2D eigenvalue weighted by atomic mass is 10.2. The third-order valence-corrected chi connectivity index (χ3v) is 3.01. The summed E-state index contributed by atoms with van der Waals surface area (Å²) in [7, 11) is 0. The number of nitrogens with zero attached hydrogens (tertiary/aromatic N) is 3. The van der Waals surface area contributed by atoms with Gasteiger partial charge in [0.25, 0.3) is 5.56 Å². The van der Waals surface area contributed by atoms with Crippen LogP contribution in [0.5, 0.6) is 0 Å². The first-order chi connectivity index (χ1) is 9.61. The van der Waals surface area contributed by atoms with E-state index < -0.39 is 0 Å². The lowest BCUT2D eigenvalue weighted by molar-refractivity contribution is 0.554. The van der Waals surface area contributed by atoms with Crippen molar-refractivity contribution in [3.8, 4) is 0 Å². The van der Waals surface area contributed by atoms with Crippen molar-refractivity contribution in [2.24, 2.45) is 5.73 Å². The summed E-state index contributed by atoms with van der Waals surface area (Å²) >= 11 is 0. The molecule has 0 saturated carbocycles. The molecule has 0 spiro atoms. The van der Waals surface area contributed by atoms with Gasteiger partial charge in [-0.15, -0.1) is 0 Å². The summed E-state index contributed by atoms with van der Waals surface area (Å²) in [6.07, 6.45) is 5.60. The third kappa shape index (κ3) is 3.21. The fourth-order valence-corrected chi connectivity index (χ4v) is 2.03. The molecule has 0 aliphatic heterocycles. The highest BCUT2D eigenvalue weighted by atomic mass is 16.2. The van der Waals surface area contributed by atoms with Crippen molar-refractivity contribution < 1.29 is 0 Å². The Labute approximate surface area is 116 Å². The van der Waals surface area contributed by atoms with Gasteiger partial charge >= 0.3 is 5.69 Å². The van der Waals surface area contributed by atoms with Crippen LogP contribution in [0.15, 0.2) is 40.3 Å². The molecule has 0 unspecified atom stereocenters. The van der Waals surface area contributed by atoms with Crippen LogP contribution >= 0.6 is 0 Å². The van der Waals surface area contributed by atoms with Crippen molar-refractivity contribution in [2.45, 2.75) is 26.4 Å². The maximum Gasteiger partial charge on any atom is 0.331 e. The van der Waals surface area contributed by atoms with E-state index in [1.165, 1.54) is 21.4 Å². The quantitative estimate of drug-likeness (QED) is 0.839. The Kier molecular flexibility index (Phi) is 4.47. The summed E-state index contributed by atoms with van der Waals surface area (Å²) in [5.74, 6) is 0. The molecule has 6 heteroatoms. The molecule has 106 valence electrons. The van der Waals surface area contributed by atoms with Gasteiger partial charge in [-0.3, -0.25) is 18.9 Å². The Morgan fingerprint density at radius 1 is 1.30 bits per heavy atom. The Balaban J connectivity index is 2.33. The van der Waals surface area contributed by atoms with Gasteiger partial charge < -0.3 is 5.73 Å². The lowest BCUT2D eigenvalue weighted by Gasteiger charge is -2.09. The first-order valence-corrected chi connectivity index (χ1v) is 6.52. The van der Waals surface area contributed by atoms with Crippen LogP contribution in [0.1, 0.15) is 17.5 Å². The lowest BCUT2D eigenvalue weighted by Crippen LogP contribution is -2.39. The van der Waals surface area contributed by atoms with Crippen LogP contribution in [-0.4, -0.2) is 20.7 Å². The van der Waals surface area contributed by atoms with Crippen LogP contribution in [0.25, 0.3) is 0 Å². The van der Waals surface area contributed by atoms with Crippen molar-refractivity contribution >= 4 is 0 Å². The highest BCUT2D eigenvalue weighted by Gasteiger charge is 2.05.